The molecule has 0 N–H and O–H groups in total. The minimum absolute atomic E-state index is 0.116. The molecule has 1 aromatic carbocycles. The second kappa shape index (κ2) is 8.00. The lowest BCUT2D eigenvalue weighted by molar-refractivity contribution is -0.159. The molecule has 0 saturated carbocycles. The molecule has 0 aliphatic rings. The number of hydrogen-bond acceptors (Lipinski definition) is 7. The van der Waals surface area contributed by atoms with E-state index in [9.17, 15) is 22.2 Å². The largest absolute Gasteiger partial charge is 0.471 e. The standard InChI is InChI=1S/C19H13F3N6O3S/c1-32(30,15-6-8-23-9-7-15)27-17(29)13-10-24-28(11-13)14-4-2-12(3-5-14)16-25-18(31-26-16)19(20,21)22/h2-11H,1H3. The Morgan fingerprint density at radius 1 is 1.12 bits per heavy atom. The maximum absolute atomic E-state index is 12.8. The zero-order chi connectivity index (χ0) is 22.9. The summed E-state index contributed by atoms with van der Waals surface area (Å²) in [5.41, 5.74) is 0.930. The Balaban J connectivity index is 1.55. The Labute approximate surface area is 179 Å². The fourth-order valence-electron chi connectivity index (χ4n) is 2.65. The smallest absolute Gasteiger partial charge is 0.329 e. The summed E-state index contributed by atoms with van der Waals surface area (Å²) in [6, 6.07) is 9.11. The van der Waals surface area contributed by atoms with Gasteiger partial charge in [0, 0.05) is 30.4 Å². The van der Waals surface area contributed by atoms with Gasteiger partial charge in [0.05, 0.1) is 32.1 Å². The quantitative estimate of drug-likeness (QED) is 0.455. The highest BCUT2D eigenvalue weighted by Gasteiger charge is 2.38. The van der Waals surface area contributed by atoms with Crippen molar-refractivity contribution in [2.45, 2.75) is 11.1 Å². The monoisotopic (exact) mass is 462 g/mol. The van der Waals surface area contributed by atoms with Crippen LogP contribution in [0, 0.1) is 0 Å². The van der Waals surface area contributed by atoms with Crippen molar-refractivity contribution in [1.82, 2.24) is 24.9 Å². The molecule has 0 saturated heterocycles. The van der Waals surface area contributed by atoms with Gasteiger partial charge in [-0.25, -0.2) is 8.89 Å². The van der Waals surface area contributed by atoms with Gasteiger partial charge in [-0.2, -0.15) is 27.6 Å². The van der Waals surface area contributed by atoms with Gasteiger partial charge >= 0.3 is 12.1 Å². The fourth-order valence-corrected chi connectivity index (χ4v) is 3.80. The molecule has 0 aliphatic carbocycles. The van der Waals surface area contributed by atoms with Crippen LogP contribution in [0.5, 0.6) is 0 Å². The van der Waals surface area contributed by atoms with Gasteiger partial charge in [-0.05, 0) is 36.4 Å². The summed E-state index contributed by atoms with van der Waals surface area (Å²) in [5.74, 6) is -2.36. The van der Waals surface area contributed by atoms with Crippen LogP contribution in [0.1, 0.15) is 16.2 Å². The fraction of sp³-hybridized carbons (Fsp3) is 0.105. The second-order valence-corrected chi connectivity index (χ2v) is 8.78. The number of carbonyl (C=O) groups is 1. The summed E-state index contributed by atoms with van der Waals surface area (Å²) in [6.07, 6.45) is 2.21. The highest BCUT2D eigenvalue weighted by molar-refractivity contribution is 7.93. The first-order valence-electron chi connectivity index (χ1n) is 8.86. The molecule has 1 amide bonds. The van der Waals surface area contributed by atoms with Crippen molar-refractivity contribution in [2.75, 3.05) is 6.26 Å². The van der Waals surface area contributed by atoms with Crippen molar-refractivity contribution in [1.29, 1.82) is 0 Å². The van der Waals surface area contributed by atoms with Crippen LogP contribution in [-0.4, -0.2) is 41.3 Å². The number of pyridine rings is 1. The summed E-state index contributed by atoms with van der Waals surface area (Å²) in [7, 11) is -2.96. The number of aromatic nitrogens is 5. The van der Waals surface area contributed by atoms with Gasteiger partial charge in [0.15, 0.2) is 0 Å². The number of halogens is 3. The molecule has 0 radical (unpaired) electrons. The van der Waals surface area contributed by atoms with Crippen LogP contribution >= 0.6 is 0 Å². The number of carbonyl (C=O) groups excluding carboxylic acids is 1. The average molecular weight is 462 g/mol. The van der Waals surface area contributed by atoms with Gasteiger partial charge < -0.3 is 4.52 Å². The van der Waals surface area contributed by atoms with E-state index in [1.54, 1.807) is 12.1 Å². The third-order valence-electron chi connectivity index (χ3n) is 4.23. The van der Waals surface area contributed by atoms with Crippen molar-refractivity contribution < 1.29 is 26.7 Å². The lowest BCUT2D eigenvalue weighted by Gasteiger charge is -2.03. The molecule has 0 spiro atoms. The third-order valence-corrected chi connectivity index (χ3v) is 5.89. The molecule has 3 heterocycles. The molecule has 164 valence electrons. The molecule has 4 aromatic rings. The van der Waals surface area contributed by atoms with Gasteiger partial charge in [-0.1, -0.05) is 5.16 Å². The molecule has 0 aliphatic heterocycles. The van der Waals surface area contributed by atoms with Crippen LogP contribution in [0.4, 0.5) is 13.2 Å². The van der Waals surface area contributed by atoms with Crippen molar-refractivity contribution >= 4 is 15.6 Å². The van der Waals surface area contributed by atoms with Gasteiger partial charge in [0.1, 0.15) is 0 Å². The molecule has 9 nitrogen and oxygen atoms in total. The lowest BCUT2D eigenvalue weighted by Crippen LogP contribution is -2.04. The summed E-state index contributed by atoms with van der Waals surface area (Å²) in [5, 5.41) is 7.41. The van der Waals surface area contributed by atoms with E-state index < -0.39 is 27.7 Å². The Bertz CT molecular complexity index is 1390. The highest BCUT2D eigenvalue weighted by Crippen LogP contribution is 2.29. The molecular weight excluding hydrogens is 449 g/mol. The number of hydrogen-bond donors (Lipinski definition) is 0. The van der Waals surface area contributed by atoms with Gasteiger partial charge in [0.2, 0.25) is 5.82 Å². The first kappa shape index (κ1) is 21.4. The van der Waals surface area contributed by atoms with E-state index in [0.29, 0.717) is 16.1 Å². The molecule has 1 unspecified atom stereocenters. The van der Waals surface area contributed by atoms with E-state index in [0.717, 1.165) is 0 Å². The maximum Gasteiger partial charge on any atom is 0.471 e. The van der Waals surface area contributed by atoms with Crippen LogP contribution in [0.15, 0.2) is 75.0 Å². The molecular formula is C19H13F3N6O3S. The van der Waals surface area contributed by atoms with Crippen molar-refractivity contribution in [3.63, 3.8) is 0 Å². The Kier molecular flexibility index (Phi) is 5.34. The normalized spacial score (nSPS) is 13.5. The summed E-state index contributed by atoms with van der Waals surface area (Å²) in [4.78, 5) is 20.0. The van der Waals surface area contributed by atoms with Gasteiger partial charge in [-0.3, -0.25) is 9.78 Å². The van der Waals surface area contributed by atoms with E-state index in [-0.39, 0.29) is 11.4 Å². The van der Waals surface area contributed by atoms with Crippen molar-refractivity contribution in [2.24, 2.45) is 4.36 Å². The van der Waals surface area contributed by atoms with Crippen LogP contribution < -0.4 is 0 Å². The maximum atomic E-state index is 12.8. The second-order valence-electron chi connectivity index (χ2n) is 6.52. The predicted octanol–water partition coefficient (Wildman–Crippen LogP) is 3.63. The van der Waals surface area contributed by atoms with Crippen molar-refractivity contribution in [3.05, 3.63) is 72.6 Å². The molecule has 0 fully saturated rings. The minimum Gasteiger partial charge on any atom is -0.329 e. The summed E-state index contributed by atoms with van der Waals surface area (Å²) in [6.45, 7) is 0. The highest BCUT2D eigenvalue weighted by atomic mass is 32.2. The van der Waals surface area contributed by atoms with Crippen LogP contribution in [0.3, 0.4) is 0 Å². The molecule has 0 bridgehead atoms. The zero-order valence-corrected chi connectivity index (χ0v) is 17.0. The third kappa shape index (κ3) is 4.42. The van der Waals surface area contributed by atoms with Crippen LogP contribution in [-0.2, 0) is 15.9 Å². The lowest BCUT2D eigenvalue weighted by atomic mass is 10.2. The molecule has 1 atom stereocenters. The van der Waals surface area contributed by atoms with Gasteiger partial charge in [0.25, 0.3) is 5.91 Å². The first-order chi connectivity index (χ1) is 15.1. The number of nitrogens with zero attached hydrogens (tertiary/aromatic N) is 6. The van der Waals surface area contributed by atoms with Crippen LogP contribution in [0.2, 0.25) is 0 Å². The molecule has 4 rings (SSSR count). The van der Waals surface area contributed by atoms with E-state index in [4.69, 9.17) is 0 Å². The number of amides is 1. The zero-order valence-electron chi connectivity index (χ0n) is 16.2. The Hall–Kier alpha value is -3.87. The Morgan fingerprint density at radius 2 is 1.81 bits per heavy atom. The molecule has 32 heavy (non-hydrogen) atoms. The Morgan fingerprint density at radius 3 is 2.44 bits per heavy atom. The topological polar surface area (TPSA) is 116 Å². The van der Waals surface area contributed by atoms with E-state index >= 15 is 0 Å². The minimum atomic E-state index is -4.73. The molecule has 13 heteroatoms. The van der Waals surface area contributed by atoms with E-state index in [2.05, 4.69) is 29.1 Å². The van der Waals surface area contributed by atoms with Crippen LogP contribution in [0.25, 0.3) is 17.1 Å². The first-order valence-corrected chi connectivity index (χ1v) is 10.8. The van der Waals surface area contributed by atoms with E-state index in [1.165, 1.54) is 60.0 Å². The SMILES string of the molecule is CS(=O)(=NC(=O)c1cnn(-c2ccc(-c3noc(C(F)(F)F)n3)cc2)c1)c1ccncc1. The average Bonchev–Trinajstić information content (AvgIpc) is 3.44. The summed E-state index contributed by atoms with van der Waals surface area (Å²) >= 11 is 0. The number of alkyl halides is 3. The number of rotatable bonds is 4. The predicted molar refractivity (Wildman–Crippen MR) is 105 cm³/mol. The molecule has 3 aromatic heterocycles. The number of benzene rings is 1. The summed E-state index contributed by atoms with van der Waals surface area (Å²) < 4.78 is 60.0. The van der Waals surface area contributed by atoms with Crippen molar-refractivity contribution in [3.8, 4) is 17.1 Å². The van der Waals surface area contributed by atoms with E-state index in [1.807, 2.05) is 0 Å². The van der Waals surface area contributed by atoms with Gasteiger partial charge in [-0.15, -0.1) is 0 Å².